The van der Waals surface area contributed by atoms with E-state index in [-0.39, 0.29) is 11.8 Å². The van der Waals surface area contributed by atoms with Crippen molar-refractivity contribution in [2.45, 2.75) is 19.9 Å². The third-order valence-electron chi connectivity index (χ3n) is 4.03. The van der Waals surface area contributed by atoms with Crippen LogP contribution in [0.25, 0.3) is 10.8 Å². The average molecular weight is 377 g/mol. The fraction of sp³-hybridized carbons (Fsp3) is 0.438. The van der Waals surface area contributed by atoms with Crippen molar-refractivity contribution in [3.63, 3.8) is 0 Å². The second-order valence-corrected chi connectivity index (χ2v) is 7.65. The van der Waals surface area contributed by atoms with E-state index in [4.69, 9.17) is 0 Å². The summed E-state index contributed by atoms with van der Waals surface area (Å²) in [6, 6.07) is 1.32. The van der Waals surface area contributed by atoms with Gasteiger partial charge in [-0.3, -0.25) is 9.59 Å². The molecule has 2 aromatic heterocycles. The van der Waals surface area contributed by atoms with Crippen LogP contribution in [-0.4, -0.2) is 67.8 Å². The first-order valence-corrected chi connectivity index (χ1v) is 9.88. The summed E-state index contributed by atoms with van der Waals surface area (Å²) in [6.45, 7) is 4.34. The standard InChI is InChI=1S/C16H19N5O2S2/c1-4-20(3)15(22)11-8-24-9-21(11)16(23)12-10(2)19-14(25-12)13-17-6-5-7-18-13/h5-7,11H,4,8-9H2,1-3H3. The van der Waals surface area contributed by atoms with Gasteiger partial charge in [0.15, 0.2) is 10.8 Å². The summed E-state index contributed by atoms with van der Waals surface area (Å²) in [7, 11) is 1.76. The summed E-state index contributed by atoms with van der Waals surface area (Å²) in [6.07, 6.45) is 3.29. The second-order valence-electron chi connectivity index (χ2n) is 5.65. The minimum atomic E-state index is -0.416. The van der Waals surface area contributed by atoms with Crippen molar-refractivity contribution in [3.8, 4) is 10.8 Å². The summed E-state index contributed by atoms with van der Waals surface area (Å²) in [5.41, 5.74) is 0.643. The summed E-state index contributed by atoms with van der Waals surface area (Å²) in [4.78, 5) is 42.2. The molecule has 0 aliphatic carbocycles. The molecule has 1 saturated heterocycles. The Labute approximate surface area is 154 Å². The lowest BCUT2D eigenvalue weighted by molar-refractivity contribution is -0.133. The molecule has 3 heterocycles. The molecule has 132 valence electrons. The van der Waals surface area contributed by atoms with Gasteiger partial charge in [0.25, 0.3) is 5.91 Å². The molecule has 2 amide bonds. The summed E-state index contributed by atoms with van der Waals surface area (Å²) >= 11 is 2.87. The molecular formula is C16H19N5O2S2. The first-order valence-electron chi connectivity index (χ1n) is 7.91. The zero-order valence-electron chi connectivity index (χ0n) is 14.3. The Balaban J connectivity index is 1.85. The number of aryl methyl sites for hydroxylation is 1. The van der Waals surface area contributed by atoms with E-state index in [1.165, 1.54) is 11.3 Å². The van der Waals surface area contributed by atoms with Crippen molar-refractivity contribution in [1.29, 1.82) is 0 Å². The van der Waals surface area contributed by atoms with Crippen LogP contribution in [0.4, 0.5) is 0 Å². The number of carbonyl (C=O) groups excluding carboxylic acids is 2. The highest BCUT2D eigenvalue weighted by Gasteiger charge is 2.37. The van der Waals surface area contributed by atoms with E-state index in [1.54, 1.807) is 54.0 Å². The van der Waals surface area contributed by atoms with Crippen LogP contribution in [0.5, 0.6) is 0 Å². The maximum Gasteiger partial charge on any atom is 0.267 e. The molecule has 1 atom stereocenters. The molecule has 3 rings (SSSR count). The molecule has 1 aliphatic rings. The van der Waals surface area contributed by atoms with Gasteiger partial charge in [-0.25, -0.2) is 15.0 Å². The van der Waals surface area contributed by atoms with Crippen LogP contribution in [0.3, 0.4) is 0 Å². The minimum Gasteiger partial charge on any atom is -0.344 e. The van der Waals surface area contributed by atoms with Crippen LogP contribution in [0.1, 0.15) is 22.3 Å². The normalized spacial score (nSPS) is 16.9. The van der Waals surface area contributed by atoms with Gasteiger partial charge in [0.1, 0.15) is 10.9 Å². The van der Waals surface area contributed by atoms with E-state index >= 15 is 0 Å². The van der Waals surface area contributed by atoms with Gasteiger partial charge in [-0.2, -0.15) is 0 Å². The smallest absolute Gasteiger partial charge is 0.267 e. The third-order valence-corrected chi connectivity index (χ3v) is 6.18. The summed E-state index contributed by atoms with van der Waals surface area (Å²) < 4.78 is 0. The van der Waals surface area contributed by atoms with Crippen molar-refractivity contribution in [2.24, 2.45) is 0 Å². The Morgan fingerprint density at radius 2 is 2.08 bits per heavy atom. The number of carbonyl (C=O) groups is 2. The van der Waals surface area contributed by atoms with E-state index in [9.17, 15) is 9.59 Å². The Bertz CT molecular complexity index is 780. The molecule has 0 saturated carbocycles. The lowest BCUT2D eigenvalue weighted by atomic mass is 10.2. The van der Waals surface area contributed by atoms with Crippen molar-refractivity contribution < 1.29 is 9.59 Å². The second kappa shape index (κ2) is 7.49. The fourth-order valence-corrected chi connectivity index (χ4v) is 4.60. The van der Waals surface area contributed by atoms with E-state index in [1.807, 2.05) is 6.92 Å². The summed E-state index contributed by atoms with van der Waals surface area (Å²) in [5.74, 6) is 1.48. The minimum absolute atomic E-state index is 0.0189. The highest BCUT2D eigenvalue weighted by atomic mass is 32.2. The van der Waals surface area contributed by atoms with Crippen molar-refractivity contribution in [3.05, 3.63) is 29.0 Å². The summed E-state index contributed by atoms with van der Waals surface area (Å²) in [5, 5.41) is 0.613. The number of hydrogen-bond donors (Lipinski definition) is 0. The first kappa shape index (κ1) is 17.8. The molecule has 9 heteroatoms. The highest BCUT2D eigenvalue weighted by Crippen LogP contribution is 2.30. The van der Waals surface area contributed by atoms with E-state index < -0.39 is 6.04 Å². The lowest BCUT2D eigenvalue weighted by Crippen LogP contribution is -2.47. The van der Waals surface area contributed by atoms with Gasteiger partial charge in [0.2, 0.25) is 5.91 Å². The molecule has 1 fully saturated rings. The highest BCUT2D eigenvalue weighted by molar-refractivity contribution is 7.99. The largest absolute Gasteiger partial charge is 0.344 e. The maximum absolute atomic E-state index is 13.0. The lowest BCUT2D eigenvalue weighted by Gasteiger charge is -2.26. The van der Waals surface area contributed by atoms with Gasteiger partial charge in [0.05, 0.1) is 11.6 Å². The number of nitrogens with zero attached hydrogens (tertiary/aromatic N) is 5. The number of amides is 2. The number of likely N-dealkylation sites (N-methyl/N-ethyl adjacent to an activating group) is 1. The predicted octanol–water partition coefficient (Wildman–Crippen LogP) is 1.90. The number of hydrogen-bond acceptors (Lipinski definition) is 7. The van der Waals surface area contributed by atoms with E-state index in [0.29, 0.717) is 39.6 Å². The Hall–Kier alpha value is -2.00. The van der Waals surface area contributed by atoms with Crippen LogP contribution in [-0.2, 0) is 4.79 Å². The monoisotopic (exact) mass is 377 g/mol. The molecule has 1 unspecified atom stereocenters. The van der Waals surface area contributed by atoms with Gasteiger partial charge in [-0.05, 0) is 19.9 Å². The molecule has 0 bridgehead atoms. The first-order chi connectivity index (χ1) is 12.0. The van der Waals surface area contributed by atoms with Crippen LogP contribution in [0, 0.1) is 6.92 Å². The van der Waals surface area contributed by atoms with Gasteiger partial charge in [-0.1, -0.05) is 0 Å². The SMILES string of the molecule is CCN(C)C(=O)C1CSCN1C(=O)c1sc(-c2ncccn2)nc1C. The average Bonchev–Trinajstić information content (AvgIpc) is 3.27. The van der Waals surface area contributed by atoms with Crippen molar-refractivity contribution in [1.82, 2.24) is 24.8 Å². The van der Waals surface area contributed by atoms with Crippen LogP contribution >= 0.6 is 23.1 Å². The maximum atomic E-state index is 13.0. The number of aromatic nitrogens is 3. The molecule has 0 spiro atoms. The molecular weight excluding hydrogens is 358 g/mol. The zero-order valence-corrected chi connectivity index (χ0v) is 15.9. The fourth-order valence-electron chi connectivity index (χ4n) is 2.49. The molecule has 0 N–H and O–H groups in total. The van der Waals surface area contributed by atoms with Crippen LogP contribution in [0.15, 0.2) is 18.5 Å². The predicted molar refractivity (Wildman–Crippen MR) is 98.5 cm³/mol. The van der Waals surface area contributed by atoms with Crippen LogP contribution < -0.4 is 0 Å². The van der Waals surface area contributed by atoms with Crippen LogP contribution in [0.2, 0.25) is 0 Å². The Morgan fingerprint density at radius 3 is 2.76 bits per heavy atom. The molecule has 1 aliphatic heterocycles. The van der Waals surface area contributed by atoms with Gasteiger partial charge >= 0.3 is 0 Å². The Morgan fingerprint density at radius 1 is 1.36 bits per heavy atom. The molecule has 7 nitrogen and oxygen atoms in total. The zero-order chi connectivity index (χ0) is 18.0. The number of thioether (sulfide) groups is 1. The van der Waals surface area contributed by atoms with E-state index in [0.717, 1.165) is 0 Å². The molecule has 2 aromatic rings. The van der Waals surface area contributed by atoms with Gasteiger partial charge < -0.3 is 9.80 Å². The third kappa shape index (κ3) is 3.52. The Kier molecular flexibility index (Phi) is 5.33. The topological polar surface area (TPSA) is 79.3 Å². The van der Waals surface area contributed by atoms with Gasteiger partial charge in [-0.15, -0.1) is 23.1 Å². The number of rotatable bonds is 4. The molecule has 0 radical (unpaired) electrons. The quantitative estimate of drug-likeness (QED) is 0.810. The van der Waals surface area contributed by atoms with Crippen molar-refractivity contribution in [2.75, 3.05) is 25.2 Å². The van der Waals surface area contributed by atoms with E-state index in [2.05, 4.69) is 15.0 Å². The molecule has 25 heavy (non-hydrogen) atoms. The number of thiazole rings is 1. The molecule has 0 aromatic carbocycles. The van der Waals surface area contributed by atoms with Gasteiger partial charge in [0, 0.05) is 31.7 Å². The van der Waals surface area contributed by atoms with Crippen molar-refractivity contribution >= 4 is 34.9 Å².